The molecular weight excluding hydrogens is 542 g/mol. The summed E-state index contributed by atoms with van der Waals surface area (Å²) in [5.74, 6) is -0.541. The molecule has 1 aromatic carbocycles. The number of ketones is 1. The highest BCUT2D eigenvalue weighted by Crippen LogP contribution is 2.45. The van der Waals surface area contributed by atoms with Crippen LogP contribution in [0.25, 0.3) is 5.78 Å². The normalized spacial score (nSPS) is 21.9. The van der Waals surface area contributed by atoms with E-state index in [1.165, 1.54) is 0 Å². The Morgan fingerprint density at radius 3 is 2.54 bits per heavy atom. The number of rotatable bonds is 10. The van der Waals surface area contributed by atoms with E-state index < -0.39 is 27.5 Å². The van der Waals surface area contributed by atoms with Crippen molar-refractivity contribution in [2.24, 2.45) is 11.8 Å². The van der Waals surface area contributed by atoms with Crippen LogP contribution in [0.3, 0.4) is 0 Å². The van der Waals surface area contributed by atoms with Crippen LogP contribution in [0.5, 0.6) is 0 Å². The molecule has 2 atom stereocenters. The highest BCUT2D eigenvalue weighted by atomic mass is 32.2. The van der Waals surface area contributed by atoms with E-state index in [2.05, 4.69) is 19.8 Å². The first-order valence-electron chi connectivity index (χ1n) is 14.6. The van der Waals surface area contributed by atoms with Gasteiger partial charge in [0.15, 0.2) is 11.6 Å². The Hall–Kier alpha value is -3.34. The lowest BCUT2D eigenvalue weighted by atomic mass is 9.73. The van der Waals surface area contributed by atoms with E-state index in [9.17, 15) is 18.0 Å². The molecule has 220 valence electrons. The zero-order chi connectivity index (χ0) is 29.4. The third-order valence-electron chi connectivity index (χ3n) is 8.63. The van der Waals surface area contributed by atoms with Gasteiger partial charge in [0.05, 0.1) is 11.4 Å². The highest BCUT2D eigenvalue weighted by molar-refractivity contribution is 7.92. The lowest BCUT2D eigenvalue weighted by Gasteiger charge is -2.43. The number of anilines is 1. The van der Waals surface area contributed by atoms with Gasteiger partial charge in [0.2, 0.25) is 10.0 Å². The van der Waals surface area contributed by atoms with Gasteiger partial charge in [0, 0.05) is 24.2 Å². The number of aromatic nitrogens is 4. The SMILES string of the molecule is CCc1cc(CCC2(C3CCCC3)CC(=O)C(Cc3nc4nc(C)cc(C)n4n3)C(=O)O2)ccc1NS(=O)(=O)CC. The van der Waals surface area contributed by atoms with E-state index in [1.54, 1.807) is 17.5 Å². The molecule has 2 aliphatic rings. The molecule has 1 N–H and O–H groups in total. The van der Waals surface area contributed by atoms with Crippen LogP contribution in [-0.2, 0) is 43.6 Å². The molecule has 3 heterocycles. The third kappa shape index (κ3) is 6.14. The van der Waals surface area contributed by atoms with Gasteiger partial charge in [-0.15, -0.1) is 5.10 Å². The average Bonchev–Trinajstić information content (AvgIpc) is 3.61. The number of nitrogens with one attached hydrogen (secondary N) is 1. The number of sulfonamides is 1. The summed E-state index contributed by atoms with van der Waals surface area (Å²) in [5, 5.41) is 4.50. The standard InChI is InChI=1S/C30H39N5O5S/c1-5-22-16-21(11-12-25(22)34-41(38,39)6-2)13-14-30(23-9-7-8-10-23)18-26(36)24(28(37)40-30)17-27-32-29-31-19(3)15-20(4)35(29)33-27/h11-12,15-16,23-24,34H,5-10,13-14,17-18H2,1-4H3. The van der Waals surface area contributed by atoms with E-state index in [4.69, 9.17) is 4.74 Å². The minimum atomic E-state index is -3.38. The van der Waals surface area contributed by atoms with Gasteiger partial charge in [-0.3, -0.25) is 14.3 Å². The number of nitrogens with zero attached hydrogens (tertiary/aromatic N) is 4. The predicted molar refractivity (Wildman–Crippen MR) is 155 cm³/mol. The van der Waals surface area contributed by atoms with E-state index in [0.717, 1.165) is 48.2 Å². The Balaban J connectivity index is 1.34. The van der Waals surface area contributed by atoms with Crippen LogP contribution in [0, 0.1) is 25.7 Å². The number of carbonyl (C=O) groups excluding carboxylic acids is 2. The number of cyclic esters (lactones) is 1. The maximum absolute atomic E-state index is 13.6. The van der Waals surface area contributed by atoms with E-state index in [1.807, 2.05) is 39.0 Å². The van der Waals surface area contributed by atoms with Crippen LogP contribution < -0.4 is 4.72 Å². The summed E-state index contributed by atoms with van der Waals surface area (Å²) in [6.45, 7) is 7.39. The van der Waals surface area contributed by atoms with Crippen LogP contribution >= 0.6 is 0 Å². The van der Waals surface area contributed by atoms with Crippen LogP contribution in [0.2, 0.25) is 0 Å². The van der Waals surface area contributed by atoms with E-state index in [0.29, 0.717) is 36.6 Å². The summed E-state index contributed by atoms with van der Waals surface area (Å²) in [5.41, 5.74) is 3.39. The average molecular weight is 582 g/mol. The molecule has 0 amide bonds. The zero-order valence-corrected chi connectivity index (χ0v) is 25.1. The lowest BCUT2D eigenvalue weighted by Crippen LogP contribution is -2.52. The molecule has 41 heavy (non-hydrogen) atoms. The number of ether oxygens (including phenoxy) is 1. The molecule has 1 saturated carbocycles. The van der Waals surface area contributed by atoms with Gasteiger partial charge in [-0.25, -0.2) is 17.9 Å². The molecule has 3 aromatic rings. The van der Waals surface area contributed by atoms with Crippen LogP contribution in [-0.4, -0.2) is 51.1 Å². The first kappa shape index (κ1) is 29.2. The van der Waals surface area contributed by atoms with Gasteiger partial charge >= 0.3 is 5.97 Å². The molecule has 0 spiro atoms. The van der Waals surface area contributed by atoms with E-state index in [-0.39, 0.29) is 30.3 Å². The van der Waals surface area contributed by atoms with Crippen molar-refractivity contribution in [3.05, 3.63) is 52.6 Å². The summed E-state index contributed by atoms with van der Waals surface area (Å²) in [7, 11) is -3.38. The predicted octanol–water partition coefficient (Wildman–Crippen LogP) is 4.30. The second-order valence-corrected chi connectivity index (χ2v) is 13.5. The van der Waals surface area contributed by atoms with Crippen molar-refractivity contribution in [3.63, 3.8) is 0 Å². The Morgan fingerprint density at radius 2 is 1.85 bits per heavy atom. The zero-order valence-electron chi connectivity index (χ0n) is 24.3. The quantitative estimate of drug-likeness (QED) is 0.277. The Morgan fingerprint density at radius 1 is 1.10 bits per heavy atom. The lowest BCUT2D eigenvalue weighted by molar-refractivity contribution is -0.185. The molecule has 1 aliphatic carbocycles. The summed E-state index contributed by atoms with van der Waals surface area (Å²) in [4.78, 5) is 35.9. The van der Waals surface area contributed by atoms with Gasteiger partial charge in [0.1, 0.15) is 11.5 Å². The largest absolute Gasteiger partial charge is 0.458 e. The topological polar surface area (TPSA) is 133 Å². The second kappa shape index (κ2) is 11.5. The number of hydrogen-bond donors (Lipinski definition) is 1. The van der Waals surface area contributed by atoms with Crippen LogP contribution in [0.4, 0.5) is 5.69 Å². The van der Waals surface area contributed by atoms with Crippen LogP contribution in [0.15, 0.2) is 24.3 Å². The van der Waals surface area contributed by atoms with Crippen molar-refractivity contribution in [1.82, 2.24) is 19.6 Å². The van der Waals surface area contributed by atoms with Gasteiger partial charge in [-0.2, -0.15) is 4.98 Å². The van der Waals surface area contributed by atoms with Gasteiger partial charge in [-0.05, 0) is 82.1 Å². The number of esters is 1. The molecule has 2 fully saturated rings. The monoisotopic (exact) mass is 581 g/mol. The fourth-order valence-electron chi connectivity index (χ4n) is 6.34. The Bertz CT molecular complexity index is 1560. The molecular formula is C30H39N5O5S. The summed E-state index contributed by atoms with van der Waals surface area (Å²) in [6, 6.07) is 7.63. The summed E-state index contributed by atoms with van der Waals surface area (Å²) in [6.07, 6.45) is 6.10. The van der Waals surface area contributed by atoms with Gasteiger partial charge in [0.25, 0.3) is 5.78 Å². The number of fused-ring (bicyclic) bond motifs is 1. The molecule has 1 saturated heterocycles. The molecule has 2 unspecified atom stereocenters. The van der Waals surface area contributed by atoms with Crippen molar-refractivity contribution in [1.29, 1.82) is 0 Å². The maximum Gasteiger partial charge on any atom is 0.317 e. The molecule has 0 bridgehead atoms. The number of Topliss-reactive ketones (excluding diaryl/α,β-unsaturated/α-hetero) is 1. The summed E-state index contributed by atoms with van der Waals surface area (Å²) >= 11 is 0. The second-order valence-electron chi connectivity index (χ2n) is 11.5. The van der Waals surface area contributed by atoms with Gasteiger partial charge < -0.3 is 4.74 Å². The Kier molecular flexibility index (Phi) is 8.18. The number of aryl methyl sites for hydroxylation is 4. The number of hydrogen-bond acceptors (Lipinski definition) is 8. The third-order valence-corrected chi connectivity index (χ3v) is 9.92. The molecule has 5 rings (SSSR count). The minimum Gasteiger partial charge on any atom is -0.458 e. The first-order chi connectivity index (χ1) is 19.5. The van der Waals surface area contributed by atoms with E-state index >= 15 is 0 Å². The first-order valence-corrected chi connectivity index (χ1v) is 16.3. The summed E-state index contributed by atoms with van der Waals surface area (Å²) < 4.78 is 34.8. The van der Waals surface area contributed by atoms with Crippen molar-refractivity contribution in [2.45, 2.75) is 91.1 Å². The number of benzene rings is 1. The maximum atomic E-state index is 13.6. The van der Waals surface area contributed by atoms with Crippen molar-refractivity contribution < 1.29 is 22.7 Å². The van der Waals surface area contributed by atoms with Crippen molar-refractivity contribution >= 4 is 33.2 Å². The fourth-order valence-corrected chi connectivity index (χ4v) is 7.02. The van der Waals surface area contributed by atoms with Gasteiger partial charge in [-0.1, -0.05) is 31.9 Å². The fraction of sp³-hybridized carbons (Fsp3) is 0.567. The molecule has 2 aromatic heterocycles. The molecule has 10 nitrogen and oxygen atoms in total. The van der Waals surface area contributed by atoms with Crippen LogP contribution in [0.1, 0.15) is 80.7 Å². The molecule has 11 heteroatoms. The number of carbonyl (C=O) groups is 2. The van der Waals surface area contributed by atoms with Crippen molar-refractivity contribution in [3.8, 4) is 0 Å². The minimum absolute atomic E-state index is 0.00557. The smallest absolute Gasteiger partial charge is 0.317 e. The molecule has 0 radical (unpaired) electrons. The van der Waals surface area contributed by atoms with Crippen molar-refractivity contribution in [2.75, 3.05) is 10.5 Å². The Labute approximate surface area is 241 Å². The molecule has 1 aliphatic heterocycles. The highest BCUT2D eigenvalue weighted by Gasteiger charge is 2.51.